The highest BCUT2D eigenvalue weighted by Crippen LogP contribution is 2.41. The smallest absolute Gasteiger partial charge is 0.164 e. The van der Waals surface area contributed by atoms with Crippen molar-refractivity contribution in [3.05, 3.63) is 212 Å². The van der Waals surface area contributed by atoms with Crippen LogP contribution in [0.4, 0.5) is 0 Å². The molecule has 0 N–H and O–H groups in total. The van der Waals surface area contributed by atoms with Crippen molar-refractivity contribution in [1.82, 2.24) is 15.0 Å². The topological polar surface area (TPSA) is 51.8 Å². The first-order valence-corrected chi connectivity index (χ1v) is 19.8. The Kier molecular flexibility index (Phi) is 8.45. The molecule has 0 unspecified atom stereocenters. The molecule has 0 bridgehead atoms. The van der Waals surface area contributed by atoms with E-state index >= 15 is 0 Å². The SMILES string of the molecule is c1ccc(-c2cc(-c3ccccc3)cc(-c3cccc4oc5cc(-c6nc(-c7ccccc7)nc(-c7ccc8cccc(-c9ccccc9)c8c7)n6)ccc5c34)c2)cc1. The highest BCUT2D eigenvalue weighted by molar-refractivity contribution is 6.13. The van der Waals surface area contributed by atoms with Crippen LogP contribution in [0.2, 0.25) is 0 Å². The lowest BCUT2D eigenvalue weighted by Gasteiger charge is -2.12. The van der Waals surface area contributed by atoms with Gasteiger partial charge in [0.15, 0.2) is 17.5 Å². The summed E-state index contributed by atoms with van der Waals surface area (Å²) in [6.07, 6.45) is 0. The van der Waals surface area contributed by atoms with E-state index in [0.717, 1.165) is 71.7 Å². The summed E-state index contributed by atoms with van der Waals surface area (Å²) >= 11 is 0. The average Bonchev–Trinajstić information content (AvgIpc) is 3.70. The molecule has 0 aliphatic rings. The van der Waals surface area contributed by atoms with Crippen LogP contribution in [0.25, 0.3) is 111 Å². The lowest BCUT2D eigenvalue weighted by Crippen LogP contribution is -2.00. The first-order valence-electron chi connectivity index (χ1n) is 19.8. The zero-order valence-electron chi connectivity index (χ0n) is 32.0. The van der Waals surface area contributed by atoms with E-state index in [9.17, 15) is 0 Å². The summed E-state index contributed by atoms with van der Waals surface area (Å²) in [5.74, 6) is 1.80. The predicted molar refractivity (Wildman–Crippen MR) is 243 cm³/mol. The number of fused-ring (bicyclic) bond motifs is 4. The van der Waals surface area contributed by atoms with E-state index < -0.39 is 0 Å². The Morgan fingerprint density at radius 3 is 1.42 bits per heavy atom. The van der Waals surface area contributed by atoms with E-state index in [1.165, 1.54) is 22.3 Å². The second kappa shape index (κ2) is 14.5. The average molecular weight is 754 g/mol. The number of furan rings is 1. The molecule has 2 aromatic heterocycles. The Labute approximate surface area is 341 Å². The van der Waals surface area contributed by atoms with Gasteiger partial charge in [-0.1, -0.05) is 170 Å². The van der Waals surface area contributed by atoms with Crippen LogP contribution in [-0.2, 0) is 0 Å². The van der Waals surface area contributed by atoms with Crippen LogP contribution >= 0.6 is 0 Å². The van der Waals surface area contributed by atoms with Crippen LogP contribution in [0.3, 0.4) is 0 Å². The van der Waals surface area contributed by atoms with Crippen molar-refractivity contribution in [1.29, 1.82) is 0 Å². The predicted octanol–water partition coefficient (Wildman–Crippen LogP) is 14.6. The molecular formula is C55H35N3O. The van der Waals surface area contributed by atoms with Gasteiger partial charge in [0.05, 0.1) is 0 Å². The van der Waals surface area contributed by atoms with E-state index in [4.69, 9.17) is 19.4 Å². The van der Waals surface area contributed by atoms with Crippen molar-refractivity contribution in [2.75, 3.05) is 0 Å². The van der Waals surface area contributed by atoms with Gasteiger partial charge in [-0.2, -0.15) is 0 Å². The van der Waals surface area contributed by atoms with Crippen LogP contribution in [0.15, 0.2) is 217 Å². The maximum Gasteiger partial charge on any atom is 0.164 e. The molecule has 0 aliphatic carbocycles. The highest BCUT2D eigenvalue weighted by Gasteiger charge is 2.18. The Bertz CT molecular complexity index is 3250. The first-order chi connectivity index (χ1) is 29.2. The molecule has 0 aliphatic heterocycles. The monoisotopic (exact) mass is 753 g/mol. The van der Waals surface area contributed by atoms with E-state index in [1.54, 1.807) is 0 Å². The fourth-order valence-corrected chi connectivity index (χ4v) is 8.21. The Morgan fingerprint density at radius 1 is 0.271 bits per heavy atom. The molecule has 9 aromatic carbocycles. The molecule has 0 amide bonds. The van der Waals surface area contributed by atoms with Crippen LogP contribution in [-0.4, -0.2) is 15.0 Å². The maximum absolute atomic E-state index is 6.67. The van der Waals surface area contributed by atoms with E-state index in [1.807, 2.05) is 36.4 Å². The molecule has 0 spiro atoms. The minimum absolute atomic E-state index is 0.580. The minimum Gasteiger partial charge on any atom is -0.456 e. The molecule has 0 radical (unpaired) electrons. The molecule has 4 heteroatoms. The molecule has 0 saturated carbocycles. The van der Waals surface area contributed by atoms with Gasteiger partial charge in [-0.15, -0.1) is 0 Å². The Hall–Kier alpha value is -7.95. The number of nitrogens with zero attached hydrogens (tertiary/aromatic N) is 3. The fourth-order valence-electron chi connectivity index (χ4n) is 8.21. The minimum atomic E-state index is 0.580. The molecule has 0 fully saturated rings. The molecular weight excluding hydrogens is 719 g/mol. The maximum atomic E-state index is 6.67. The van der Waals surface area contributed by atoms with Gasteiger partial charge in [-0.25, -0.2) is 15.0 Å². The van der Waals surface area contributed by atoms with Crippen molar-refractivity contribution in [3.63, 3.8) is 0 Å². The second-order valence-electron chi connectivity index (χ2n) is 14.8. The van der Waals surface area contributed by atoms with Crippen LogP contribution in [0.1, 0.15) is 0 Å². The summed E-state index contributed by atoms with van der Waals surface area (Å²) in [5.41, 5.74) is 13.5. The van der Waals surface area contributed by atoms with Gasteiger partial charge in [0.2, 0.25) is 0 Å². The number of hydrogen-bond acceptors (Lipinski definition) is 4. The fraction of sp³-hybridized carbons (Fsp3) is 0. The quantitative estimate of drug-likeness (QED) is 0.163. The van der Waals surface area contributed by atoms with Crippen molar-refractivity contribution >= 4 is 32.7 Å². The number of hydrogen-bond donors (Lipinski definition) is 0. The summed E-state index contributed by atoms with van der Waals surface area (Å²) < 4.78 is 6.67. The van der Waals surface area contributed by atoms with Crippen molar-refractivity contribution in [2.24, 2.45) is 0 Å². The zero-order valence-corrected chi connectivity index (χ0v) is 32.0. The third-order valence-electron chi connectivity index (χ3n) is 11.1. The summed E-state index contributed by atoms with van der Waals surface area (Å²) in [7, 11) is 0. The van der Waals surface area contributed by atoms with Gasteiger partial charge >= 0.3 is 0 Å². The molecule has 11 aromatic rings. The Balaban J connectivity index is 1.06. The number of benzene rings is 9. The lowest BCUT2D eigenvalue weighted by atomic mass is 9.91. The third kappa shape index (κ3) is 6.43. The van der Waals surface area contributed by atoms with Gasteiger partial charge in [0, 0.05) is 27.5 Å². The molecule has 0 atom stereocenters. The van der Waals surface area contributed by atoms with E-state index in [2.05, 4.69) is 176 Å². The van der Waals surface area contributed by atoms with Gasteiger partial charge in [0.1, 0.15) is 11.2 Å². The molecule has 4 nitrogen and oxygen atoms in total. The molecule has 59 heavy (non-hydrogen) atoms. The van der Waals surface area contributed by atoms with Gasteiger partial charge in [-0.05, 0) is 97.7 Å². The van der Waals surface area contributed by atoms with Gasteiger partial charge in [0.25, 0.3) is 0 Å². The highest BCUT2D eigenvalue weighted by atomic mass is 16.3. The van der Waals surface area contributed by atoms with E-state index in [-0.39, 0.29) is 0 Å². The van der Waals surface area contributed by atoms with Gasteiger partial charge in [-0.3, -0.25) is 0 Å². The molecule has 276 valence electrons. The van der Waals surface area contributed by atoms with Crippen molar-refractivity contribution < 1.29 is 4.42 Å². The first kappa shape index (κ1) is 34.3. The zero-order chi connectivity index (χ0) is 39.1. The summed E-state index contributed by atoms with van der Waals surface area (Å²) in [6.45, 7) is 0. The van der Waals surface area contributed by atoms with Crippen molar-refractivity contribution in [2.45, 2.75) is 0 Å². The lowest BCUT2D eigenvalue weighted by molar-refractivity contribution is 0.669. The molecule has 0 saturated heterocycles. The van der Waals surface area contributed by atoms with Crippen molar-refractivity contribution in [3.8, 4) is 78.7 Å². The van der Waals surface area contributed by atoms with Crippen LogP contribution < -0.4 is 0 Å². The number of aromatic nitrogens is 3. The largest absolute Gasteiger partial charge is 0.456 e. The Morgan fingerprint density at radius 2 is 0.780 bits per heavy atom. The standard InChI is InChI=1S/C55H35N3O/c1-5-15-36(16-6-1)43-31-44(37-17-7-2-8-18-37)33-45(32-43)47-25-14-26-50-52(47)48-30-29-42(35-51(48)59-50)55-57-53(40-21-11-4-12-22-40)56-54(58-55)41-28-27-39-23-13-24-46(49(39)34-41)38-19-9-3-10-20-38/h1-35H. The van der Waals surface area contributed by atoms with Crippen LogP contribution in [0, 0.1) is 0 Å². The third-order valence-corrected chi connectivity index (χ3v) is 11.1. The van der Waals surface area contributed by atoms with Gasteiger partial charge < -0.3 is 4.42 Å². The molecule has 2 heterocycles. The normalized spacial score (nSPS) is 11.4. The summed E-state index contributed by atoms with van der Waals surface area (Å²) in [6, 6.07) is 74.1. The summed E-state index contributed by atoms with van der Waals surface area (Å²) in [4.78, 5) is 15.3. The number of rotatable bonds is 7. The van der Waals surface area contributed by atoms with E-state index in [0.29, 0.717) is 17.5 Å². The second-order valence-corrected chi connectivity index (χ2v) is 14.8. The molecule has 11 rings (SSSR count). The summed E-state index contributed by atoms with van der Waals surface area (Å²) in [5, 5.41) is 4.41. The van der Waals surface area contributed by atoms with Crippen LogP contribution in [0.5, 0.6) is 0 Å².